The highest BCUT2D eigenvalue weighted by Gasteiger charge is 2.21. The van der Waals surface area contributed by atoms with E-state index in [0.29, 0.717) is 12.3 Å². The van der Waals surface area contributed by atoms with Crippen molar-refractivity contribution < 1.29 is 9.90 Å². The van der Waals surface area contributed by atoms with Gasteiger partial charge >= 0.3 is 5.97 Å². The van der Waals surface area contributed by atoms with E-state index < -0.39 is 5.97 Å². The van der Waals surface area contributed by atoms with Gasteiger partial charge in [-0.15, -0.1) is 0 Å². The molecule has 1 fully saturated rings. The third-order valence-electron chi connectivity index (χ3n) is 3.66. The number of carboxylic acid groups (broad SMARTS) is 1. The first-order chi connectivity index (χ1) is 8.63. The quantitative estimate of drug-likeness (QED) is 0.889. The number of carbonyl (C=O) groups is 1. The second-order valence-corrected chi connectivity index (χ2v) is 5.31. The maximum atomic E-state index is 10.7. The van der Waals surface area contributed by atoms with Crippen molar-refractivity contribution in [1.29, 1.82) is 0 Å². The lowest BCUT2D eigenvalue weighted by molar-refractivity contribution is -0.138. The summed E-state index contributed by atoms with van der Waals surface area (Å²) >= 11 is 0. The van der Waals surface area contributed by atoms with Crippen LogP contribution in [0.1, 0.15) is 30.4 Å². The van der Waals surface area contributed by atoms with Crippen molar-refractivity contribution in [2.45, 2.75) is 32.7 Å². The molecule has 0 amide bonds. The van der Waals surface area contributed by atoms with Crippen LogP contribution < -0.4 is 0 Å². The SMILES string of the molecule is Cc1cccc(CN2CCC(CC(=O)O)CC2)c1. The Bertz CT molecular complexity index is 409. The summed E-state index contributed by atoms with van der Waals surface area (Å²) in [4.78, 5) is 13.1. The molecule has 3 heteroatoms. The lowest BCUT2D eigenvalue weighted by Crippen LogP contribution is -2.33. The first-order valence-corrected chi connectivity index (χ1v) is 6.63. The maximum absolute atomic E-state index is 10.7. The number of benzene rings is 1. The molecule has 1 saturated heterocycles. The van der Waals surface area contributed by atoms with E-state index in [4.69, 9.17) is 5.11 Å². The molecule has 1 aromatic rings. The van der Waals surface area contributed by atoms with Gasteiger partial charge in [0.2, 0.25) is 0 Å². The molecule has 2 rings (SSSR count). The molecule has 0 aliphatic carbocycles. The van der Waals surface area contributed by atoms with Gasteiger partial charge < -0.3 is 5.11 Å². The fraction of sp³-hybridized carbons (Fsp3) is 0.533. The number of hydrogen-bond donors (Lipinski definition) is 1. The molecule has 0 aromatic heterocycles. The fourth-order valence-electron chi connectivity index (χ4n) is 2.66. The third kappa shape index (κ3) is 3.84. The largest absolute Gasteiger partial charge is 0.481 e. The smallest absolute Gasteiger partial charge is 0.303 e. The van der Waals surface area contributed by atoms with Crippen molar-refractivity contribution in [2.24, 2.45) is 5.92 Å². The van der Waals surface area contributed by atoms with Gasteiger partial charge in [-0.25, -0.2) is 0 Å². The predicted molar refractivity (Wildman–Crippen MR) is 71.4 cm³/mol. The summed E-state index contributed by atoms with van der Waals surface area (Å²) in [5.74, 6) is -0.289. The summed E-state index contributed by atoms with van der Waals surface area (Å²) in [5, 5.41) is 8.78. The minimum Gasteiger partial charge on any atom is -0.481 e. The molecule has 0 bridgehead atoms. The molecule has 1 N–H and O–H groups in total. The molecule has 0 unspecified atom stereocenters. The van der Waals surface area contributed by atoms with E-state index in [9.17, 15) is 4.79 Å². The first kappa shape index (κ1) is 13.1. The van der Waals surface area contributed by atoms with Crippen LogP contribution in [0.5, 0.6) is 0 Å². The molecule has 3 nitrogen and oxygen atoms in total. The second kappa shape index (κ2) is 6.01. The van der Waals surface area contributed by atoms with Crippen LogP contribution in [-0.4, -0.2) is 29.1 Å². The van der Waals surface area contributed by atoms with Crippen LogP contribution in [0.4, 0.5) is 0 Å². The van der Waals surface area contributed by atoms with Crippen LogP contribution in [-0.2, 0) is 11.3 Å². The van der Waals surface area contributed by atoms with Crippen LogP contribution in [0.15, 0.2) is 24.3 Å². The minimum atomic E-state index is -0.660. The number of nitrogens with zero attached hydrogens (tertiary/aromatic N) is 1. The number of aliphatic carboxylic acids is 1. The summed E-state index contributed by atoms with van der Waals surface area (Å²) in [5.41, 5.74) is 2.65. The second-order valence-electron chi connectivity index (χ2n) is 5.31. The number of carboxylic acids is 1. The molecule has 18 heavy (non-hydrogen) atoms. The number of aryl methyl sites for hydroxylation is 1. The minimum absolute atomic E-state index is 0.332. The van der Waals surface area contributed by atoms with Crippen molar-refractivity contribution in [1.82, 2.24) is 4.90 Å². The summed E-state index contributed by atoms with van der Waals surface area (Å²) in [6, 6.07) is 8.60. The Balaban J connectivity index is 1.81. The Labute approximate surface area is 108 Å². The van der Waals surface area contributed by atoms with Gasteiger partial charge in [-0.2, -0.15) is 0 Å². The van der Waals surface area contributed by atoms with Crippen molar-refractivity contribution in [3.63, 3.8) is 0 Å². The molecular formula is C15H21NO2. The third-order valence-corrected chi connectivity index (χ3v) is 3.66. The molecule has 0 atom stereocenters. The van der Waals surface area contributed by atoms with Gasteiger partial charge in [-0.3, -0.25) is 9.69 Å². The molecule has 1 aliphatic heterocycles. The zero-order valence-electron chi connectivity index (χ0n) is 10.9. The summed E-state index contributed by atoms with van der Waals surface area (Å²) in [7, 11) is 0. The van der Waals surface area contributed by atoms with Crippen LogP contribution in [0.3, 0.4) is 0 Å². The van der Waals surface area contributed by atoms with Gasteiger partial charge in [0.05, 0.1) is 0 Å². The lowest BCUT2D eigenvalue weighted by atomic mass is 9.93. The van der Waals surface area contributed by atoms with Gasteiger partial charge in [0.25, 0.3) is 0 Å². The Morgan fingerprint density at radius 1 is 1.39 bits per heavy atom. The first-order valence-electron chi connectivity index (χ1n) is 6.63. The topological polar surface area (TPSA) is 40.5 Å². The summed E-state index contributed by atoms with van der Waals surface area (Å²) in [6.07, 6.45) is 2.36. The van der Waals surface area contributed by atoms with E-state index in [0.717, 1.165) is 32.5 Å². The van der Waals surface area contributed by atoms with Crippen LogP contribution in [0.2, 0.25) is 0 Å². The van der Waals surface area contributed by atoms with E-state index in [1.54, 1.807) is 0 Å². The predicted octanol–water partition coefficient (Wildman–Crippen LogP) is 2.68. The highest BCUT2D eigenvalue weighted by molar-refractivity contribution is 5.67. The van der Waals surface area contributed by atoms with Crippen molar-refractivity contribution in [2.75, 3.05) is 13.1 Å². The van der Waals surface area contributed by atoms with E-state index in [1.165, 1.54) is 11.1 Å². The Hall–Kier alpha value is -1.35. The molecule has 98 valence electrons. The molecule has 1 aliphatic rings. The zero-order valence-corrected chi connectivity index (χ0v) is 10.9. The molecule has 1 aromatic carbocycles. The molecule has 0 saturated carbocycles. The van der Waals surface area contributed by atoms with E-state index in [1.807, 2.05) is 0 Å². The van der Waals surface area contributed by atoms with Gasteiger partial charge in [0.15, 0.2) is 0 Å². The summed E-state index contributed by atoms with van der Waals surface area (Å²) in [6.45, 7) is 5.14. The van der Waals surface area contributed by atoms with Gasteiger partial charge in [-0.05, 0) is 44.3 Å². The van der Waals surface area contributed by atoms with E-state index in [-0.39, 0.29) is 0 Å². The number of likely N-dealkylation sites (tertiary alicyclic amines) is 1. The standard InChI is InChI=1S/C15H21NO2/c1-12-3-2-4-14(9-12)11-16-7-5-13(6-8-16)10-15(17)18/h2-4,9,13H,5-8,10-11H2,1H3,(H,17,18). The average molecular weight is 247 g/mol. The van der Waals surface area contributed by atoms with Crippen LogP contribution >= 0.6 is 0 Å². The maximum Gasteiger partial charge on any atom is 0.303 e. The van der Waals surface area contributed by atoms with Crippen molar-refractivity contribution in [3.05, 3.63) is 35.4 Å². The fourth-order valence-corrected chi connectivity index (χ4v) is 2.66. The monoisotopic (exact) mass is 247 g/mol. The number of hydrogen-bond acceptors (Lipinski definition) is 2. The van der Waals surface area contributed by atoms with E-state index in [2.05, 4.69) is 36.1 Å². The number of piperidine rings is 1. The highest BCUT2D eigenvalue weighted by Crippen LogP contribution is 2.21. The van der Waals surface area contributed by atoms with Gasteiger partial charge in [-0.1, -0.05) is 29.8 Å². The summed E-state index contributed by atoms with van der Waals surface area (Å²) < 4.78 is 0. The molecule has 0 spiro atoms. The Morgan fingerprint density at radius 2 is 2.11 bits per heavy atom. The Morgan fingerprint density at radius 3 is 2.72 bits per heavy atom. The van der Waals surface area contributed by atoms with Gasteiger partial charge in [0, 0.05) is 13.0 Å². The average Bonchev–Trinajstić information content (AvgIpc) is 2.31. The van der Waals surface area contributed by atoms with Gasteiger partial charge in [0.1, 0.15) is 0 Å². The van der Waals surface area contributed by atoms with Crippen LogP contribution in [0, 0.1) is 12.8 Å². The molecule has 0 radical (unpaired) electrons. The van der Waals surface area contributed by atoms with Crippen LogP contribution in [0.25, 0.3) is 0 Å². The normalized spacial score (nSPS) is 17.8. The van der Waals surface area contributed by atoms with E-state index >= 15 is 0 Å². The molecular weight excluding hydrogens is 226 g/mol. The number of rotatable bonds is 4. The molecule has 1 heterocycles. The lowest BCUT2D eigenvalue weighted by Gasteiger charge is -2.31. The highest BCUT2D eigenvalue weighted by atomic mass is 16.4. The zero-order chi connectivity index (χ0) is 13.0. The van der Waals surface area contributed by atoms with Crippen molar-refractivity contribution >= 4 is 5.97 Å². The Kier molecular flexibility index (Phi) is 4.37. The van der Waals surface area contributed by atoms with Crippen molar-refractivity contribution in [3.8, 4) is 0 Å².